The van der Waals surface area contributed by atoms with Crippen LogP contribution < -0.4 is 0 Å². The van der Waals surface area contributed by atoms with Crippen LogP contribution in [-0.4, -0.2) is 0 Å². The Morgan fingerprint density at radius 1 is 0.156 bits per heavy atom. The maximum absolute atomic E-state index is 3.54. The van der Waals surface area contributed by atoms with Crippen LogP contribution in [0.3, 0.4) is 0 Å². The summed E-state index contributed by atoms with van der Waals surface area (Å²) in [6.07, 6.45) is 0. The lowest BCUT2D eigenvalue weighted by Gasteiger charge is -2.04. The molecular weight excluding hydrogens is 1470 g/mol. The molecule has 8 rings (SSSR count). The monoisotopic (exact) mass is 1500 g/mol. The maximum atomic E-state index is 3.54. The third-order valence-electron chi connectivity index (χ3n) is 7.58. The van der Waals surface area contributed by atoms with Gasteiger partial charge >= 0.3 is 0 Å². The van der Waals surface area contributed by atoms with Gasteiger partial charge in [-0.3, -0.25) is 0 Å². The molecule has 0 saturated heterocycles. The van der Waals surface area contributed by atoms with Crippen LogP contribution in [0.5, 0.6) is 0 Å². The molecule has 0 saturated carbocycles. The van der Waals surface area contributed by atoms with E-state index >= 15 is 0 Å². The van der Waals surface area contributed by atoms with Crippen molar-refractivity contribution in [1.29, 1.82) is 0 Å². The summed E-state index contributed by atoms with van der Waals surface area (Å²) >= 11 is 28.3. The second-order valence-corrected chi connectivity index (χ2v) is 27.8. The highest BCUT2D eigenvalue weighted by Crippen LogP contribution is 2.46. The Morgan fingerprint density at radius 2 is 0.250 bits per heavy atom. The topological polar surface area (TPSA) is 0 Å². The standard InChI is InChI=1S/4C12H8Br2S2/c4*13-9-5-1-3-7-11(9)15-16-12-8-4-2-6-10(12)14/h4*1-8H. The van der Waals surface area contributed by atoms with Crippen LogP contribution in [0.1, 0.15) is 0 Å². The smallest absolute Gasteiger partial charge is 0.0328 e. The van der Waals surface area contributed by atoms with E-state index in [1.165, 1.54) is 39.2 Å². The molecule has 0 bridgehead atoms. The van der Waals surface area contributed by atoms with Gasteiger partial charge in [0.2, 0.25) is 0 Å². The van der Waals surface area contributed by atoms with Gasteiger partial charge in [0.1, 0.15) is 0 Å². The summed E-state index contributed by atoms with van der Waals surface area (Å²) in [6, 6.07) is 65.9. The van der Waals surface area contributed by atoms with Crippen LogP contribution in [0.25, 0.3) is 0 Å². The number of benzene rings is 8. The Kier molecular flexibility index (Phi) is 27.3. The SMILES string of the molecule is Brc1ccccc1SSc1ccccc1Br.Brc1ccccc1SSc1ccccc1Br.Brc1ccccc1SSc1ccccc1Br.Brc1ccccc1SSc1ccccc1Br. The zero-order valence-electron chi connectivity index (χ0n) is 32.8. The van der Waals surface area contributed by atoms with Gasteiger partial charge < -0.3 is 0 Å². The molecule has 0 fully saturated rings. The van der Waals surface area contributed by atoms with E-state index < -0.39 is 0 Å². The highest BCUT2D eigenvalue weighted by atomic mass is 79.9. The van der Waals surface area contributed by atoms with Crippen molar-refractivity contribution in [3.8, 4) is 0 Å². The Labute approximate surface area is 475 Å². The molecule has 0 N–H and O–H groups in total. The van der Waals surface area contributed by atoms with Crippen LogP contribution in [0.4, 0.5) is 0 Å². The van der Waals surface area contributed by atoms with Gasteiger partial charge in [0.25, 0.3) is 0 Å². The summed E-state index contributed by atoms with van der Waals surface area (Å²) in [7, 11) is 14.0. The molecule has 8 aromatic rings. The summed E-state index contributed by atoms with van der Waals surface area (Å²) in [5.41, 5.74) is 0. The molecule has 0 aliphatic rings. The third-order valence-corrected chi connectivity index (χ3v) is 25.1. The van der Waals surface area contributed by atoms with E-state index in [0.29, 0.717) is 0 Å². The Hall–Kier alpha value is 0.400. The second-order valence-electron chi connectivity index (χ2n) is 12.1. The minimum Gasteiger partial charge on any atom is -0.0611 e. The fraction of sp³-hybridized carbons (Fsp3) is 0. The van der Waals surface area contributed by atoms with Crippen molar-refractivity contribution in [2.45, 2.75) is 39.2 Å². The molecule has 0 atom stereocenters. The van der Waals surface area contributed by atoms with E-state index in [2.05, 4.69) is 225 Å². The van der Waals surface area contributed by atoms with Crippen LogP contribution >= 0.6 is 214 Å². The van der Waals surface area contributed by atoms with E-state index in [1.54, 1.807) is 86.4 Å². The predicted octanol–water partition coefficient (Wildman–Crippen LogP) is 24.0. The molecule has 0 unspecified atom stereocenters. The van der Waals surface area contributed by atoms with Crippen LogP contribution in [0.15, 0.2) is 269 Å². The van der Waals surface area contributed by atoms with Gasteiger partial charge in [-0.25, -0.2) is 0 Å². The first-order valence-corrected chi connectivity index (χ1v) is 33.4. The van der Waals surface area contributed by atoms with Crippen molar-refractivity contribution in [3.05, 3.63) is 230 Å². The predicted molar refractivity (Wildman–Crippen MR) is 320 cm³/mol. The van der Waals surface area contributed by atoms with E-state index in [9.17, 15) is 0 Å². The van der Waals surface area contributed by atoms with Gasteiger partial charge in [0.15, 0.2) is 0 Å². The van der Waals surface area contributed by atoms with Crippen molar-refractivity contribution in [2.24, 2.45) is 0 Å². The summed E-state index contributed by atoms with van der Waals surface area (Å²) in [4.78, 5) is 9.91. The number of halogens is 8. The van der Waals surface area contributed by atoms with Crippen LogP contribution in [-0.2, 0) is 0 Å². The summed E-state index contributed by atoms with van der Waals surface area (Å²) in [6.45, 7) is 0. The molecule has 16 heteroatoms. The third kappa shape index (κ3) is 20.0. The highest BCUT2D eigenvalue weighted by molar-refractivity contribution is 9.12. The van der Waals surface area contributed by atoms with Gasteiger partial charge in [-0.1, -0.05) is 183 Å². The van der Waals surface area contributed by atoms with Gasteiger partial charge in [-0.05, 0) is 225 Å². The minimum atomic E-state index is 1.14. The first kappa shape index (κ1) is 55.3. The van der Waals surface area contributed by atoms with Crippen molar-refractivity contribution < 1.29 is 0 Å². The molecule has 8 aromatic carbocycles. The molecule has 0 aromatic heterocycles. The van der Waals surface area contributed by atoms with E-state index in [1.807, 2.05) is 97.1 Å². The second kappa shape index (κ2) is 31.6. The van der Waals surface area contributed by atoms with E-state index in [-0.39, 0.29) is 0 Å². The summed E-state index contributed by atoms with van der Waals surface area (Å²) < 4.78 is 9.11. The first-order valence-electron chi connectivity index (χ1n) is 18.4. The van der Waals surface area contributed by atoms with Crippen LogP contribution in [0, 0.1) is 0 Å². The van der Waals surface area contributed by atoms with E-state index in [0.717, 1.165) is 35.8 Å². The first-order chi connectivity index (χ1) is 31.1. The summed E-state index contributed by atoms with van der Waals surface area (Å²) in [5, 5.41) is 0. The molecule has 0 radical (unpaired) electrons. The van der Waals surface area contributed by atoms with E-state index in [4.69, 9.17) is 0 Å². The largest absolute Gasteiger partial charge is 0.0611 e. The minimum absolute atomic E-state index is 1.14. The lowest BCUT2D eigenvalue weighted by molar-refractivity contribution is 1.41. The van der Waals surface area contributed by atoms with Crippen molar-refractivity contribution in [2.75, 3.05) is 0 Å². The number of rotatable bonds is 12. The molecule has 328 valence electrons. The zero-order valence-corrected chi connectivity index (χ0v) is 52.0. The molecule has 0 spiro atoms. The van der Waals surface area contributed by atoms with Gasteiger partial charge in [0, 0.05) is 74.9 Å². The average molecular weight is 1500 g/mol. The molecule has 64 heavy (non-hydrogen) atoms. The molecule has 0 heterocycles. The fourth-order valence-electron chi connectivity index (χ4n) is 4.46. The molecule has 0 aliphatic heterocycles. The fourth-order valence-corrected chi connectivity index (χ4v) is 19.9. The Bertz CT molecular complexity index is 2130. The molecular formula is C48H32Br8S8. The molecule has 0 amide bonds. The lowest BCUT2D eigenvalue weighted by Crippen LogP contribution is -1.73. The quantitative estimate of drug-likeness (QED) is 0.110. The maximum Gasteiger partial charge on any atom is 0.0328 e. The van der Waals surface area contributed by atoms with Gasteiger partial charge in [-0.2, -0.15) is 0 Å². The van der Waals surface area contributed by atoms with Gasteiger partial charge in [-0.15, -0.1) is 0 Å². The van der Waals surface area contributed by atoms with Crippen molar-refractivity contribution in [3.63, 3.8) is 0 Å². The molecule has 0 nitrogen and oxygen atoms in total. The Morgan fingerprint density at radius 3 is 0.344 bits per heavy atom. The Balaban J connectivity index is 0.000000161. The lowest BCUT2D eigenvalue weighted by atomic mass is 10.4. The normalized spacial score (nSPS) is 10.4. The molecule has 0 aliphatic carbocycles. The summed E-state index contributed by atoms with van der Waals surface area (Å²) in [5.74, 6) is 0. The number of hydrogen-bond acceptors (Lipinski definition) is 8. The van der Waals surface area contributed by atoms with Crippen LogP contribution in [0.2, 0.25) is 0 Å². The van der Waals surface area contributed by atoms with Crippen molar-refractivity contribution >= 4 is 214 Å². The zero-order chi connectivity index (χ0) is 45.5. The highest BCUT2D eigenvalue weighted by Gasteiger charge is 2.07. The average Bonchev–Trinajstić information content (AvgIpc) is 3.30. The number of hydrogen-bond donors (Lipinski definition) is 0. The van der Waals surface area contributed by atoms with Crippen molar-refractivity contribution in [1.82, 2.24) is 0 Å². The van der Waals surface area contributed by atoms with Gasteiger partial charge in [0.05, 0.1) is 0 Å².